The van der Waals surface area contributed by atoms with E-state index in [0.29, 0.717) is 19.3 Å². The zero-order valence-electron chi connectivity index (χ0n) is 24.1. The minimum Gasteiger partial charge on any atom is -0.477 e. The number of rotatable bonds is 25. The Morgan fingerprint density at radius 2 is 0.892 bits per heavy atom. The summed E-state index contributed by atoms with van der Waals surface area (Å²) in [6, 6.07) is -3.27. The molecule has 0 spiro atoms. The number of quaternary nitrogens is 1. The highest BCUT2D eigenvalue weighted by Gasteiger charge is 2.56. The van der Waals surface area contributed by atoms with Crippen LogP contribution < -0.4 is 0 Å². The molecule has 0 saturated heterocycles. The van der Waals surface area contributed by atoms with Crippen molar-refractivity contribution in [1.82, 2.24) is 0 Å². The summed E-state index contributed by atoms with van der Waals surface area (Å²) < 4.78 is -0.454. The van der Waals surface area contributed by atoms with Crippen LogP contribution in [-0.2, 0) is 14.4 Å². The van der Waals surface area contributed by atoms with Gasteiger partial charge < -0.3 is 15.3 Å². The van der Waals surface area contributed by atoms with E-state index in [1.807, 2.05) is 32.9 Å². The average molecular weight is 527 g/mol. The van der Waals surface area contributed by atoms with Crippen LogP contribution >= 0.6 is 0 Å². The molecule has 37 heavy (non-hydrogen) atoms. The molecule has 0 aromatic rings. The van der Waals surface area contributed by atoms with Crippen LogP contribution in [0.1, 0.15) is 137 Å². The molecule has 0 rings (SSSR count). The second kappa shape index (κ2) is 21.1. The van der Waals surface area contributed by atoms with E-state index in [4.69, 9.17) is 0 Å². The number of carboxylic acids is 3. The van der Waals surface area contributed by atoms with Crippen LogP contribution in [0.2, 0.25) is 0 Å². The van der Waals surface area contributed by atoms with Crippen LogP contribution in [0.3, 0.4) is 0 Å². The maximum atomic E-state index is 12.5. The molecule has 0 saturated carbocycles. The molecule has 0 aromatic carbocycles. The normalized spacial score (nSPS) is 15.8. The zero-order valence-corrected chi connectivity index (χ0v) is 24.1. The van der Waals surface area contributed by atoms with Crippen molar-refractivity contribution in [3.8, 4) is 0 Å². The summed E-state index contributed by atoms with van der Waals surface area (Å²) in [7, 11) is 0. The molecule has 0 radical (unpaired) electrons. The quantitative estimate of drug-likeness (QED) is 0.0648. The van der Waals surface area contributed by atoms with E-state index in [1.54, 1.807) is 0 Å². The molecule has 216 valence electrons. The van der Waals surface area contributed by atoms with Crippen molar-refractivity contribution in [2.45, 2.75) is 155 Å². The molecule has 0 bridgehead atoms. The molecule has 3 N–H and O–H groups in total. The average Bonchev–Trinajstić information content (AvgIpc) is 2.85. The predicted molar refractivity (Wildman–Crippen MR) is 150 cm³/mol. The van der Waals surface area contributed by atoms with Crippen molar-refractivity contribution in [3.05, 3.63) is 12.2 Å². The van der Waals surface area contributed by atoms with Crippen molar-refractivity contribution in [3.63, 3.8) is 0 Å². The van der Waals surface area contributed by atoms with Gasteiger partial charge in [0.05, 0.1) is 6.54 Å². The molecular formula is C30H56NO6+. The molecule has 7 nitrogen and oxygen atoms in total. The SMILES string of the molecule is CCCCCCCCCCCC/C=C/C[N+](C(CCC)C(=O)O)(C(CCC)C(=O)O)C(CCC)C(=O)O. The van der Waals surface area contributed by atoms with Gasteiger partial charge in [0.1, 0.15) is 0 Å². The highest BCUT2D eigenvalue weighted by atomic mass is 16.4. The Morgan fingerprint density at radius 1 is 0.541 bits per heavy atom. The van der Waals surface area contributed by atoms with Crippen LogP contribution in [0, 0.1) is 0 Å². The molecule has 0 aliphatic rings. The summed E-state index contributed by atoms with van der Waals surface area (Å²) in [5.41, 5.74) is 0. The smallest absolute Gasteiger partial charge is 0.362 e. The summed E-state index contributed by atoms with van der Waals surface area (Å²) in [6.07, 6.45) is 19.5. The lowest BCUT2D eigenvalue weighted by atomic mass is 9.92. The van der Waals surface area contributed by atoms with Gasteiger partial charge in [-0.25, -0.2) is 14.4 Å². The third-order valence-corrected chi connectivity index (χ3v) is 7.59. The Bertz CT molecular complexity index is 603. The minimum atomic E-state index is -1.12. The summed E-state index contributed by atoms with van der Waals surface area (Å²) in [6.45, 7) is 7.90. The fourth-order valence-electron chi connectivity index (χ4n) is 5.69. The van der Waals surface area contributed by atoms with E-state index in [0.717, 1.165) is 19.3 Å². The molecule has 3 unspecified atom stereocenters. The van der Waals surface area contributed by atoms with E-state index in [2.05, 4.69) is 6.92 Å². The molecule has 0 fully saturated rings. The summed E-state index contributed by atoms with van der Waals surface area (Å²) in [4.78, 5) is 37.5. The number of allylic oxidation sites excluding steroid dienone is 1. The lowest BCUT2D eigenvalue weighted by molar-refractivity contribution is -0.968. The molecule has 0 aliphatic heterocycles. The third-order valence-electron chi connectivity index (χ3n) is 7.59. The number of hydrogen-bond acceptors (Lipinski definition) is 3. The predicted octanol–water partition coefficient (Wildman–Crippen LogP) is 7.43. The van der Waals surface area contributed by atoms with Gasteiger partial charge in [-0.1, -0.05) is 91.6 Å². The lowest BCUT2D eigenvalue weighted by Gasteiger charge is -2.49. The van der Waals surface area contributed by atoms with Crippen molar-refractivity contribution < 1.29 is 34.2 Å². The second-order valence-electron chi connectivity index (χ2n) is 10.5. The highest BCUT2D eigenvalue weighted by molar-refractivity contribution is 5.78. The van der Waals surface area contributed by atoms with E-state index in [9.17, 15) is 29.7 Å². The van der Waals surface area contributed by atoms with Gasteiger partial charge in [-0.3, -0.25) is 4.48 Å². The van der Waals surface area contributed by atoms with Crippen LogP contribution in [0.5, 0.6) is 0 Å². The van der Waals surface area contributed by atoms with E-state index < -0.39 is 40.5 Å². The molecule has 0 aliphatic carbocycles. The van der Waals surface area contributed by atoms with E-state index in [1.165, 1.54) is 51.4 Å². The maximum Gasteiger partial charge on any atom is 0.362 e. The monoisotopic (exact) mass is 526 g/mol. The maximum absolute atomic E-state index is 12.5. The molecule has 0 amide bonds. The molecular weight excluding hydrogens is 470 g/mol. The molecule has 7 heteroatoms. The first kappa shape index (κ1) is 35.1. The number of carboxylic acid groups (broad SMARTS) is 3. The summed E-state index contributed by atoms with van der Waals surface area (Å²) >= 11 is 0. The van der Waals surface area contributed by atoms with Crippen LogP contribution in [-0.4, -0.2) is 62.4 Å². The van der Waals surface area contributed by atoms with Crippen LogP contribution in [0.15, 0.2) is 12.2 Å². The van der Waals surface area contributed by atoms with E-state index in [-0.39, 0.29) is 25.8 Å². The largest absolute Gasteiger partial charge is 0.477 e. The van der Waals surface area contributed by atoms with Gasteiger partial charge in [-0.15, -0.1) is 0 Å². The molecule has 0 heterocycles. The first-order valence-electron chi connectivity index (χ1n) is 14.9. The number of aliphatic carboxylic acids is 3. The van der Waals surface area contributed by atoms with Gasteiger partial charge in [0.2, 0.25) is 0 Å². The summed E-state index contributed by atoms with van der Waals surface area (Å²) in [5, 5.41) is 30.6. The van der Waals surface area contributed by atoms with Gasteiger partial charge in [0.25, 0.3) is 0 Å². The van der Waals surface area contributed by atoms with Crippen LogP contribution in [0.4, 0.5) is 0 Å². The Kier molecular flexibility index (Phi) is 20.0. The fraction of sp³-hybridized carbons (Fsp3) is 0.833. The summed E-state index contributed by atoms with van der Waals surface area (Å²) in [5.74, 6) is -3.35. The number of nitrogens with zero attached hydrogens (tertiary/aromatic N) is 1. The van der Waals surface area contributed by atoms with Crippen molar-refractivity contribution in [2.24, 2.45) is 0 Å². The molecule has 3 atom stereocenters. The van der Waals surface area contributed by atoms with Gasteiger partial charge in [0, 0.05) is 19.3 Å². The minimum absolute atomic E-state index is 0.0999. The first-order chi connectivity index (χ1) is 17.7. The van der Waals surface area contributed by atoms with Crippen molar-refractivity contribution in [2.75, 3.05) is 6.54 Å². The first-order valence-corrected chi connectivity index (χ1v) is 14.9. The van der Waals surface area contributed by atoms with Crippen molar-refractivity contribution in [1.29, 1.82) is 0 Å². The number of unbranched alkanes of at least 4 members (excludes halogenated alkanes) is 10. The van der Waals surface area contributed by atoms with Gasteiger partial charge in [-0.05, 0) is 38.2 Å². The standard InChI is InChI=1S/C30H55NO6/c1-5-9-10-11-12-13-14-15-16-17-18-19-20-24-31(25(21-6-2)28(32)33,26(22-7-3)29(34)35)27(23-8-4)30(36)37/h19-20,25-27H,5-18,21-24H2,1-4H3,(H2-,32,33,34,35,36,37)/p+1/b20-19+. The Balaban J connectivity index is 5.58. The van der Waals surface area contributed by atoms with Gasteiger partial charge in [-0.2, -0.15) is 0 Å². The fourth-order valence-corrected chi connectivity index (χ4v) is 5.69. The Hall–Kier alpha value is -1.89. The second-order valence-corrected chi connectivity index (χ2v) is 10.5. The van der Waals surface area contributed by atoms with Crippen molar-refractivity contribution >= 4 is 17.9 Å². The number of carbonyl (C=O) groups is 3. The Morgan fingerprint density at radius 3 is 1.22 bits per heavy atom. The highest BCUT2D eigenvalue weighted by Crippen LogP contribution is 2.33. The molecule has 0 aromatic heterocycles. The Labute approximate surface area is 225 Å². The lowest BCUT2D eigenvalue weighted by Crippen LogP contribution is -2.72. The topological polar surface area (TPSA) is 112 Å². The number of hydrogen-bond donors (Lipinski definition) is 3. The van der Waals surface area contributed by atoms with Crippen LogP contribution in [0.25, 0.3) is 0 Å². The van der Waals surface area contributed by atoms with E-state index >= 15 is 0 Å². The van der Waals surface area contributed by atoms with Gasteiger partial charge >= 0.3 is 17.9 Å². The van der Waals surface area contributed by atoms with Gasteiger partial charge in [0.15, 0.2) is 18.1 Å². The third kappa shape index (κ3) is 12.5. The zero-order chi connectivity index (χ0) is 28.1.